The van der Waals surface area contributed by atoms with Gasteiger partial charge < -0.3 is 51.5 Å². The summed E-state index contributed by atoms with van der Waals surface area (Å²) in [5, 5.41) is 51.1. The fraction of sp³-hybridized carbons (Fsp3) is 0.537. The van der Waals surface area contributed by atoms with Crippen LogP contribution in [0.25, 0.3) is 11.1 Å². The molecule has 0 saturated heterocycles. The summed E-state index contributed by atoms with van der Waals surface area (Å²) in [5.41, 5.74) is 0.723. The maximum atomic E-state index is 13.8. The van der Waals surface area contributed by atoms with Gasteiger partial charge in [0.05, 0.1) is 13.2 Å². The highest BCUT2D eigenvalue weighted by atomic mass is 16.4. The molecule has 318 valence electrons. The van der Waals surface area contributed by atoms with Gasteiger partial charge in [0.25, 0.3) is 0 Å². The molecule has 17 nitrogen and oxygen atoms in total. The lowest BCUT2D eigenvalue weighted by Crippen LogP contribution is -2.55. The molecule has 8 N–H and O–H groups in total. The number of carbonyl (C=O) groups is 7. The van der Waals surface area contributed by atoms with E-state index < -0.39 is 78.9 Å². The first-order valence-electron chi connectivity index (χ1n) is 19.7. The van der Waals surface area contributed by atoms with E-state index in [-0.39, 0.29) is 46.9 Å². The minimum absolute atomic E-state index is 0.0658. The van der Waals surface area contributed by atoms with Crippen molar-refractivity contribution >= 4 is 41.4 Å². The summed E-state index contributed by atoms with van der Waals surface area (Å²) in [5.74, 6) is -6.25. The van der Waals surface area contributed by atoms with E-state index >= 15 is 0 Å². The minimum atomic E-state index is -1.47. The predicted octanol–water partition coefficient (Wildman–Crippen LogP) is 1.87. The molecule has 0 spiro atoms. The molecule has 58 heavy (non-hydrogen) atoms. The Labute approximate surface area is 338 Å². The zero-order valence-corrected chi connectivity index (χ0v) is 33.9. The molecule has 0 aliphatic carbocycles. The first kappa shape index (κ1) is 46.7. The maximum absolute atomic E-state index is 13.8. The van der Waals surface area contributed by atoms with E-state index in [1.165, 1.54) is 83.6 Å². The zero-order chi connectivity index (χ0) is 43.1. The molecule has 1 heterocycles. The molecule has 3 rings (SSSR count). The predicted molar refractivity (Wildman–Crippen MR) is 213 cm³/mol. The van der Waals surface area contributed by atoms with Crippen molar-refractivity contribution in [3.8, 4) is 22.6 Å². The number of benzene rings is 2. The number of aliphatic carboxylic acids is 1. The molecule has 2 aromatic rings. The second-order valence-corrected chi connectivity index (χ2v) is 14.7. The van der Waals surface area contributed by atoms with Crippen LogP contribution in [0.2, 0.25) is 0 Å². The normalized spacial score (nSPS) is 17.7. The van der Waals surface area contributed by atoms with Crippen LogP contribution in [0.3, 0.4) is 0 Å². The zero-order valence-electron chi connectivity index (χ0n) is 33.9. The van der Waals surface area contributed by atoms with E-state index in [0.29, 0.717) is 12.0 Å². The van der Waals surface area contributed by atoms with Gasteiger partial charge in [-0.05, 0) is 55.7 Å². The molecule has 0 radical (unpaired) electrons. The van der Waals surface area contributed by atoms with Gasteiger partial charge >= 0.3 is 5.97 Å². The van der Waals surface area contributed by atoms with Crippen LogP contribution in [-0.2, 0) is 40.0 Å². The maximum Gasteiger partial charge on any atom is 0.326 e. The lowest BCUT2D eigenvalue weighted by molar-refractivity contribution is -0.143. The number of nitrogens with zero attached hydrogens (tertiary/aromatic N) is 2. The van der Waals surface area contributed by atoms with Crippen molar-refractivity contribution in [2.24, 2.45) is 0 Å². The second-order valence-electron chi connectivity index (χ2n) is 14.7. The average Bonchev–Trinajstić information content (AvgIpc) is 3.18. The molecule has 1 aliphatic heterocycles. The van der Waals surface area contributed by atoms with Gasteiger partial charge in [-0.15, -0.1) is 0 Å². The van der Waals surface area contributed by atoms with Crippen molar-refractivity contribution in [3.63, 3.8) is 0 Å². The SMILES string of the molecule is CCCCCCCCCCC(=O)N(C)[C@H](CO)C(=O)N[C@H](C)C(=O)NCC(=O)N(C)[C@@H]1C(=O)N[C@@H](C)C(=O)N[C@H](C(=O)O)Cc2ccc(O)c(c2)-c2cc1ccc2O. The van der Waals surface area contributed by atoms with E-state index in [2.05, 4.69) is 28.2 Å². The van der Waals surface area contributed by atoms with Crippen LogP contribution in [0.4, 0.5) is 0 Å². The van der Waals surface area contributed by atoms with Crippen molar-refractivity contribution in [1.82, 2.24) is 31.1 Å². The van der Waals surface area contributed by atoms with Crippen LogP contribution >= 0.6 is 0 Å². The Balaban J connectivity index is 1.72. The average molecular weight is 811 g/mol. The number of unbranched alkanes of at least 4 members (excludes halogenated alkanes) is 7. The molecule has 4 bridgehead atoms. The van der Waals surface area contributed by atoms with E-state index in [9.17, 15) is 54.0 Å². The summed E-state index contributed by atoms with van der Waals surface area (Å²) < 4.78 is 0. The number of phenolic OH excluding ortho intramolecular Hbond substituents is 2. The number of rotatable bonds is 18. The van der Waals surface area contributed by atoms with Crippen LogP contribution < -0.4 is 21.3 Å². The van der Waals surface area contributed by atoms with E-state index in [1.807, 2.05) is 0 Å². The van der Waals surface area contributed by atoms with Gasteiger partial charge in [0, 0.05) is 38.1 Å². The number of hydrogen-bond donors (Lipinski definition) is 8. The first-order valence-corrected chi connectivity index (χ1v) is 19.7. The van der Waals surface area contributed by atoms with Crippen molar-refractivity contribution in [1.29, 1.82) is 0 Å². The minimum Gasteiger partial charge on any atom is -0.507 e. The van der Waals surface area contributed by atoms with Crippen LogP contribution in [0.15, 0.2) is 36.4 Å². The summed E-state index contributed by atoms with van der Waals surface area (Å²) in [4.78, 5) is 93.6. The van der Waals surface area contributed by atoms with Gasteiger partial charge in [-0.2, -0.15) is 0 Å². The standard InChI is InChI=1S/C41H58N6O11/c1-6-7-8-9-10-11-12-13-14-34(51)46(4)31(23-48)39(55)43-24(2)37(53)42-22-35(52)47(5)36-27-16-18-33(50)29(21-27)28-19-26(15-17-32(28)49)20-30(41(57)58)45-38(54)25(3)44-40(36)56/h15-19,21,24-25,30-31,36,48-50H,6-14,20,22-23H2,1-5H3,(H,42,53)(H,43,55)(H,44,56)(H,45,54)(H,57,58)/t24-,25+,30+,31-,36+/m1/s1. The number of likely N-dealkylation sites (N-methyl/N-ethyl adjacent to an activating group) is 2. The highest BCUT2D eigenvalue weighted by molar-refractivity contribution is 5.96. The largest absolute Gasteiger partial charge is 0.507 e. The number of fused-ring (bicyclic) bond motifs is 5. The van der Waals surface area contributed by atoms with Gasteiger partial charge in [-0.3, -0.25) is 28.8 Å². The van der Waals surface area contributed by atoms with Crippen molar-refractivity contribution < 1.29 is 54.0 Å². The Morgan fingerprint density at radius 2 is 1.43 bits per heavy atom. The van der Waals surface area contributed by atoms with E-state index in [1.54, 1.807) is 0 Å². The molecule has 0 saturated carbocycles. The Morgan fingerprint density at radius 1 is 0.828 bits per heavy atom. The topological polar surface area (TPSA) is 255 Å². The number of aliphatic hydroxyl groups is 1. The number of aromatic hydroxyl groups is 2. The van der Waals surface area contributed by atoms with Crippen LogP contribution in [-0.4, -0.2) is 123 Å². The summed E-state index contributed by atoms with van der Waals surface area (Å²) >= 11 is 0. The van der Waals surface area contributed by atoms with E-state index in [0.717, 1.165) is 35.5 Å². The molecular formula is C41H58N6O11. The van der Waals surface area contributed by atoms with Gasteiger partial charge in [0.2, 0.25) is 35.4 Å². The molecule has 0 aromatic heterocycles. The lowest BCUT2D eigenvalue weighted by Gasteiger charge is -2.30. The summed E-state index contributed by atoms with van der Waals surface area (Å²) in [7, 11) is 2.68. The molecule has 1 aliphatic rings. The molecule has 6 amide bonds. The third-order valence-electron chi connectivity index (χ3n) is 10.3. The molecule has 0 fully saturated rings. The third kappa shape index (κ3) is 12.9. The number of hydrogen-bond acceptors (Lipinski definition) is 10. The number of nitrogens with one attached hydrogen (secondary N) is 4. The van der Waals surface area contributed by atoms with Gasteiger partial charge in [-0.1, -0.05) is 64.0 Å². The van der Waals surface area contributed by atoms with Crippen LogP contribution in [0, 0.1) is 0 Å². The summed E-state index contributed by atoms with van der Waals surface area (Å²) in [6.45, 7) is 3.51. The van der Waals surface area contributed by atoms with Crippen LogP contribution in [0.1, 0.15) is 95.7 Å². The molecule has 17 heteroatoms. The Hall–Kier alpha value is -5.71. The monoisotopic (exact) mass is 810 g/mol. The number of carbonyl (C=O) groups excluding carboxylic acids is 6. The number of aliphatic hydroxyl groups excluding tert-OH is 1. The third-order valence-corrected chi connectivity index (χ3v) is 10.3. The Kier molecular flexibility index (Phi) is 17.9. The van der Waals surface area contributed by atoms with E-state index in [4.69, 9.17) is 0 Å². The number of phenols is 2. The Bertz CT molecular complexity index is 1800. The second kappa shape index (κ2) is 22.3. The highest BCUT2D eigenvalue weighted by Crippen LogP contribution is 2.38. The molecular weight excluding hydrogens is 752 g/mol. The van der Waals surface area contributed by atoms with Crippen molar-refractivity contribution in [3.05, 3.63) is 47.5 Å². The smallest absolute Gasteiger partial charge is 0.326 e. The Morgan fingerprint density at radius 3 is 2.05 bits per heavy atom. The van der Waals surface area contributed by atoms with Crippen molar-refractivity contribution in [2.75, 3.05) is 27.2 Å². The number of carboxylic acid groups (broad SMARTS) is 1. The van der Waals surface area contributed by atoms with Crippen LogP contribution in [0.5, 0.6) is 11.5 Å². The van der Waals surface area contributed by atoms with Gasteiger partial charge in [-0.25, -0.2) is 4.79 Å². The first-order chi connectivity index (χ1) is 27.5. The quantitative estimate of drug-likeness (QED) is 0.101. The summed E-state index contributed by atoms with van der Waals surface area (Å²) in [6.07, 6.45) is 8.39. The van der Waals surface area contributed by atoms with Crippen molar-refractivity contribution in [2.45, 2.75) is 115 Å². The fourth-order valence-electron chi connectivity index (χ4n) is 6.61. The van der Waals surface area contributed by atoms with Gasteiger partial charge in [0.1, 0.15) is 41.7 Å². The molecule has 2 aromatic carbocycles. The fourth-order valence-corrected chi connectivity index (χ4v) is 6.61. The summed E-state index contributed by atoms with van der Waals surface area (Å²) in [6, 6.07) is 1.62. The molecule has 0 unspecified atom stereocenters. The van der Waals surface area contributed by atoms with Gasteiger partial charge in [0.15, 0.2) is 0 Å². The number of amides is 6. The highest BCUT2D eigenvalue weighted by Gasteiger charge is 2.34. The number of carboxylic acids is 1. The lowest BCUT2D eigenvalue weighted by atomic mass is 9.94. The molecule has 5 atom stereocenters.